The summed E-state index contributed by atoms with van der Waals surface area (Å²) in [6.07, 6.45) is 5.70. The minimum absolute atomic E-state index is 0.196. The van der Waals surface area contributed by atoms with Crippen LogP contribution in [0.25, 0.3) is 0 Å². The Hall–Kier alpha value is -1.51. The molecule has 1 amide bonds. The van der Waals surface area contributed by atoms with E-state index in [1.807, 2.05) is 24.3 Å². The van der Waals surface area contributed by atoms with Crippen molar-refractivity contribution in [3.8, 4) is 5.75 Å². The van der Waals surface area contributed by atoms with E-state index in [0.717, 1.165) is 24.2 Å². The Balaban J connectivity index is 2.03. The van der Waals surface area contributed by atoms with Gasteiger partial charge in [0.1, 0.15) is 5.75 Å². The number of hydrogen-bond donors (Lipinski definition) is 1. The zero-order valence-corrected chi connectivity index (χ0v) is 12.7. The van der Waals surface area contributed by atoms with Gasteiger partial charge >= 0.3 is 0 Å². The van der Waals surface area contributed by atoms with Crippen molar-refractivity contribution in [3.63, 3.8) is 0 Å². The maximum absolute atomic E-state index is 12.4. The molecule has 1 N–H and O–H groups in total. The Morgan fingerprint density at radius 1 is 1.15 bits per heavy atom. The van der Waals surface area contributed by atoms with Crippen LogP contribution in [0.5, 0.6) is 5.75 Å². The largest absolute Gasteiger partial charge is 0.497 e. The summed E-state index contributed by atoms with van der Waals surface area (Å²) in [5, 5.41) is 3.20. The molecule has 0 bridgehead atoms. The van der Waals surface area contributed by atoms with Crippen molar-refractivity contribution >= 4 is 5.91 Å². The van der Waals surface area contributed by atoms with Gasteiger partial charge in [0.2, 0.25) is 5.91 Å². The van der Waals surface area contributed by atoms with Crippen LogP contribution in [-0.4, -0.2) is 13.0 Å². The second-order valence-corrected chi connectivity index (χ2v) is 6.18. The van der Waals surface area contributed by atoms with Gasteiger partial charge in [-0.05, 0) is 44.4 Å². The third-order valence-corrected chi connectivity index (χ3v) is 4.22. The van der Waals surface area contributed by atoms with Crippen molar-refractivity contribution in [1.82, 2.24) is 5.32 Å². The Kier molecular flexibility index (Phi) is 4.69. The van der Waals surface area contributed by atoms with E-state index in [9.17, 15) is 4.79 Å². The molecule has 0 spiro atoms. The van der Waals surface area contributed by atoms with E-state index in [1.54, 1.807) is 7.11 Å². The van der Waals surface area contributed by atoms with Gasteiger partial charge in [-0.25, -0.2) is 0 Å². The number of hydrogen-bond acceptors (Lipinski definition) is 2. The lowest BCUT2D eigenvalue weighted by molar-refractivity contribution is -0.127. The van der Waals surface area contributed by atoms with Crippen LogP contribution in [-0.2, 0) is 10.3 Å². The molecular formula is C17H25NO2. The third kappa shape index (κ3) is 3.53. The highest BCUT2D eigenvalue weighted by Crippen LogP contribution is 2.27. The molecule has 0 aliphatic heterocycles. The highest BCUT2D eigenvalue weighted by atomic mass is 16.5. The van der Waals surface area contributed by atoms with E-state index < -0.39 is 0 Å². The number of amides is 1. The maximum Gasteiger partial charge on any atom is 0.223 e. The van der Waals surface area contributed by atoms with Crippen LogP contribution in [0.1, 0.15) is 51.5 Å². The molecule has 1 fully saturated rings. The molecule has 3 heteroatoms. The number of carbonyl (C=O) groups is 1. The summed E-state index contributed by atoms with van der Waals surface area (Å²) in [5.41, 5.74) is 0.753. The first-order valence-corrected chi connectivity index (χ1v) is 7.49. The van der Waals surface area contributed by atoms with Gasteiger partial charge in [-0.2, -0.15) is 0 Å². The van der Waals surface area contributed by atoms with E-state index in [2.05, 4.69) is 19.2 Å². The topological polar surface area (TPSA) is 38.3 Å². The lowest BCUT2D eigenvalue weighted by Crippen LogP contribution is -2.44. The van der Waals surface area contributed by atoms with E-state index >= 15 is 0 Å². The number of benzene rings is 1. The van der Waals surface area contributed by atoms with Crippen LogP contribution in [0.3, 0.4) is 0 Å². The van der Waals surface area contributed by atoms with Crippen molar-refractivity contribution in [1.29, 1.82) is 0 Å². The van der Waals surface area contributed by atoms with Crippen LogP contribution in [0.4, 0.5) is 0 Å². The number of rotatable bonds is 4. The fourth-order valence-electron chi connectivity index (χ4n) is 2.85. The number of ether oxygens (including phenoxy) is 1. The van der Waals surface area contributed by atoms with Gasteiger partial charge in [0.05, 0.1) is 12.6 Å². The second-order valence-electron chi connectivity index (χ2n) is 6.18. The zero-order chi connectivity index (χ0) is 14.6. The first-order valence-electron chi connectivity index (χ1n) is 7.49. The summed E-state index contributed by atoms with van der Waals surface area (Å²) in [6.45, 7) is 4.10. The van der Waals surface area contributed by atoms with Crippen LogP contribution >= 0.6 is 0 Å². The lowest BCUT2D eigenvalue weighted by Gasteiger charge is -2.30. The van der Waals surface area contributed by atoms with Gasteiger partial charge in [-0.1, -0.05) is 31.4 Å². The average molecular weight is 275 g/mol. The van der Waals surface area contributed by atoms with Crippen LogP contribution in [0.15, 0.2) is 24.3 Å². The van der Waals surface area contributed by atoms with Crippen LogP contribution in [0, 0.1) is 5.92 Å². The molecule has 0 unspecified atom stereocenters. The SMILES string of the molecule is COc1ccc(C(C)(C)NC(=O)C2CCCCC2)cc1. The van der Waals surface area contributed by atoms with Crippen molar-refractivity contribution < 1.29 is 9.53 Å². The molecule has 0 aromatic heterocycles. The molecule has 1 aliphatic carbocycles. The first kappa shape index (κ1) is 14.9. The van der Waals surface area contributed by atoms with Gasteiger partial charge < -0.3 is 10.1 Å². The van der Waals surface area contributed by atoms with Gasteiger partial charge in [-0.3, -0.25) is 4.79 Å². The van der Waals surface area contributed by atoms with E-state index in [-0.39, 0.29) is 17.4 Å². The number of nitrogens with one attached hydrogen (secondary N) is 1. The van der Waals surface area contributed by atoms with Gasteiger partial charge in [-0.15, -0.1) is 0 Å². The van der Waals surface area contributed by atoms with Crippen molar-refractivity contribution in [2.75, 3.05) is 7.11 Å². The summed E-state index contributed by atoms with van der Waals surface area (Å²) < 4.78 is 5.17. The Labute approximate surface area is 121 Å². The molecule has 1 aromatic carbocycles. The minimum Gasteiger partial charge on any atom is -0.497 e. The molecule has 3 nitrogen and oxygen atoms in total. The third-order valence-electron chi connectivity index (χ3n) is 4.22. The smallest absolute Gasteiger partial charge is 0.223 e. The number of methoxy groups -OCH3 is 1. The van der Waals surface area contributed by atoms with E-state index in [4.69, 9.17) is 4.74 Å². The first-order chi connectivity index (χ1) is 9.53. The maximum atomic E-state index is 12.4. The summed E-state index contributed by atoms with van der Waals surface area (Å²) in [7, 11) is 1.66. The molecule has 1 aromatic rings. The molecule has 1 saturated carbocycles. The minimum atomic E-state index is -0.346. The molecule has 20 heavy (non-hydrogen) atoms. The summed E-state index contributed by atoms with van der Waals surface area (Å²) >= 11 is 0. The van der Waals surface area contributed by atoms with Crippen molar-refractivity contribution in [3.05, 3.63) is 29.8 Å². The monoisotopic (exact) mass is 275 g/mol. The van der Waals surface area contributed by atoms with E-state index in [0.29, 0.717) is 0 Å². The molecule has 0 atom stereocenters. The lowest BCUT2D eigenvalue weighted by atomic mass is 9.87. The van der Waals surface area contributed by atoms with Crippen molar-refractivity contribution in [2.24, 2.45) is 5.92 Å². The standard InChI is InChI=1S/C17H25NO2/c1-17(2,14-9-11-15(20-3)12-10-14)18-16(19)13-7-5-4-6-8-13/h9-13H,4-8H2,1-3H3,(H,18,19). The molecule has 1 aliphatic rings. The van der Waals surface area contributed by atoms with Crippen LogP contribution in [0.2, 0.25) is 0 Å². The number of carbonyl (C=O) groups excluding carboxylic acids is 1. The predicted octanol–water partition coefficient (Wildman–Crippen LogP) is 3.63. The fraction of sp³-hybridized carbons (Fsp3) is 0.588. The quantitative estimate of drug-likeness (QED) is 0.911. The molecule has 0 radical (unpaired) electrons. The highest BCUT2D eigenvalue weighted by Gasteiger charge is 2.28. The summed E-state index contributed by atoms with van der Waals surface area (Å²) in [6, 6.07) is 7.90. The Morgan fingerprint density at radius 3 is 2.30 bits per heavy atom. The molecular weight excluding hydrogens is 250 g/mol. The fourth-order valence-corrected chi connectivity index (χ4v) is 2.85. The predicted molar refractivity (Wildman–Crippen MR) is 80.7 cm³/mol. The van der Waals surface area contributed by atoms with E-state index in [1.165, 1.54) is 19.3 Å². The van der Waals surface area contributed by atoms with Gasteiger partial charge in [0.25, 0.3) is 0 Å². The Bertz CT molecular complexity index is 445. The molecule has 0 heterocycles. The highest BCUT2D eigenvalue weighted by molar-refractivity contribution is 5.79. The van der Waals surface area contributed by atoms with Crippen molar-refractivity contribution in [2.45, 2.75) is 51.5 Å². The second kappa shape index (κ2) is 6.29. The van der Waals surface area contributed by atoms with Gasteiger partial charge in [0.15, 0.2) is 0 Å². The zero-order valence-electron chi connectivity index (χ0n) is 12.7. The Morgan fingerprint density at radius 2 is 1.75 bits per heavy atom. The average Bonchev–Trinajstić information content (AvgIpc) is 2.48. The summed E-state index contributed by atoms with van der Waals surface area (Å²) in [5.74, 6) is 1.23. The van der Waals surface area contributed by atoms with Crippen LogP contribution < -0.4 is 10.1 Å². The molecule has 2 rings (SSSR count). The molecule has 110 valence electrons. The summed E-state index contributed by atoms with van der Waals surface area (Å²) in [4.78, 5) is 12.4. The normalized spacial score (nSPS) is 16.8. The molecule has 0 saturated heterocycles. The van der Waals surface area contributed by atoms with Gasteiger partial charge in [0, 0.05) is 5.92 Å².